The maximum Gasteiger partial charge on any atom is 0.303 e. The van der Waals surface area contributed by atoms with Crippen LogP contribution in [0.5, 0.6) is 0 Å². The van der Waals surface area contributed by atoms with Gasteiger partial charge >= 0.3 is 10.2 Å². The third-order valence-corrected chi connectivity index (χ3v) is 3.73. The lowest BCUT2D eigenvalue weighted by atomic mass is 10.2. The Kier molecular flexibility index (Phi) is 4.31. The lowest BCUT2D eigenvalue weighted by molar-refractivity contribution is 0.0979. The Hall–Kier alpha value is -1.60. The number of carbonyl (C=O) groups excluding carboxylic acids is 1. The fraction of sp³-hybridized carbons (Fsp3) is 0.364. The molecule has 0 heterocycles. The summed E-state index contributed by atoms with van der Waals surface area (Å²) in [5.74, 6) is -0.646. The zero-order valence-corrected chi connectivity index (χ0v) is 11.7. The molecule has 0 saturated heterocycles. The van der Waals surface area contributed by atoms with Crippen molar-refractivity contribution >= 4 is 21.8 Å². The Morgan fingerprint density at radius 2 is 1.78 bits per heavy atom. The van der Waals surface area contributed by atoms with E-state index >= 15 is 0 Å². The molecule has 0 saturated carbocycles. The van der Waals surface area contributed by atoms with E-state index in [0.717, 1.165) is 9.99 Å². The maximum atomic E-state index is 11.8. The average Bonchev–Trinajstić information content (AvgIpc) is 2.28. The smallest absolute Gasteiger partial charge is 0.303 e. The van der Waals surface area contributed by atoms with Gasteiger partial charge in [0.1, 0.15) is 0 Å². The molecule has 0 aliphatic carbocycles. The van der Waals surface area contributed by atoms with E-state index in [9.17, 15) is 13.2 Å². The molecule has 1 rings (SSSR count). The second-order valence-corrected chi connectivity index (χ2v) is 6.05. The molecule has 0 unspecified atom stereocenters. The number of hydrogen-bond acceptors (Lipinski definition) is 4. The molecule has 0 aliphatic heterocycles. The third-order valence-electron chi connectivity index (χ3n) is 2.33. The summed E-state index contributed by atoms with van der Waals surface area (Å²) in [6, 6.07) is 6.72. The predicted octanol–water partition coefficient (Wildman–Crippen LogP) is 0.289. The van der Waals surface area contributed by atoms with E-state index in [-0.39, 0.29) is 0 Å². The fourth-order valence-corrected chi connectivity index (χ4v) is 1.73. The van der Waals surface area contributed by atoms with Gasteiger partial charge in [0.15, 0.2) is 0 Å². The second kappa shape index (κ2) is 5.36. The summed E-state index contributed by atoms with van der Waals surface area (Å²) in [5, 5.41) is 0. The molecule has 0 radical (unpaired) electrons. The van der Waals surface area contributed by atoms with Crippen molar-refractivity contribution in [2.75, 3.05) is 33.1 Å². The number of anilines is 1. The summed E-state index contributed by atoms with van der Waals surface area (Å²) < 4.78 is 26.0. The van der Waals surface area contributed by atoms with Gasteiger partial charge in [-0.1, -0.05) is 6.07 Å². The van der Waals surface area contributed by atoms with Crippen molar-refractivity contribution in [1.29, 1.82) is 0 Å². The van der Waals surface area contributed by atoms with E-state index in [1.54, 1.807) is 18.2 Å². The van der Waals surface area contributed by atoms with Crippen LogP contribution in [0.2, 0.25) is 0 Å². The number of benzene rings is 1. The first-order chi connectivity index (χ1) is 8.24. The van der Waals surface area contributed by atoms with Crippen LogP contribution < -0.4 is 9.62 Å². The first kappa shape index (κ1) is 14.5. The molecule has 0 bridgehead atoms. The van der Waals surface area contributed by atoms with Gasteiger partial charge in [0.05, 0.1) is 0 Å². The number of amides is 1. The van der Waals surface area contributed by atoms with Crippen LogP contribution in [-0.4, -0.2) is 46.8 Å². The molecule has 1 aromatic carbocycles. The van der Waals surface area contributed by atoms with Crippen molar-refractivity contribution in [3.8, 4) is 0 Å². The van der Waals surface area contributed by atoms with Gasteiger partial charge in [0.2, 0.25) is 0 Å². The van der Waals surface area contributed by atoms with Crippen molar-refractivity contribution in [3.63, 3.8) is 0 Å². The van der Waals surface area contributed by atoms with Crippen LogP contribution in [0.25, 0.3) is 0 Å². The fourth-order valence-electron chi connectivity index (χ4n) is 1.19. The van der Waals surface area contributed by atoms with Crippen LogP contribution in [0.4, 0.5) is 5.69 Å². The minimum atomic E-state index is -3.76. The van der Waals surface area contributed by atoms with Crippen molar-refractivity contribution in [2.24, 2.45) is 0 Å². The highest BCUT2D eigenvalue weighted by Gasteiger charge is 2.18. The Morgan fingerprint density at radius 1 is 1.17 bits per heavy atom. The summed E-state index contributed by atoms with van der Waals surface area (Å²) >= 11 is 0. The SMILES string of the molecule is CN(C)c1cccc(C(=O)NS(=O)(=O)N(C)C)c1. The first-order valence-corrected chi connectivity index (χ1v) is 6.70. The van der Waals surface area contributed by atoms with E-state index in [2.05, 4.69) is 0 Å². The van der Waals surface area contributed by atoms with Gasteiger partial charge in [-0.25, -0.2) is 4.72 Å². The number of rotatable bonds is 4. The van der Waals surface area contributed by atoms with Gasteiger partial charge in [-0.3, -0.25) is 4.79 Å². The molecule has 18 heavy (non-hydrogen) atoms. The lowest BCUT2D eigenvalue weighted by Crippen LogP contribution is -2.39. The normalized spacial score (nSPS) is 11.4. The van der Waals surface area contributed by atoms with Crippen molar-refractivity contribution in [1.82, 2.24) is 9.03 Å². The monoisotopic (exact) mass is 271 g/mol. The molecule has 7 heteroatoms. The molecule has 1 N–H and O–H groups in total. The quantitative estimate of drug-likeness (QED) is 0.854. The zero-order valence-electron chi connectivity index (χ0n) is 10.8. The van der Waals surface area contributed by atoms with Crippen LogP contribution in [0.1, 0.15) is 10.4 Å². The van der Waals surface area contributed by atoms with E-state index in [0.29, 0.717) is 5.56 Å². The van der Waals surface area contributed by atoms with Crippen LogP contribution >= 0.6 is 0 Å². The highest BCUT2D eigenvalue weighted by atomic mass is 32.2. The average molecular weight is 271 g/mol. The molecule has 6 nitrogen and oxygen atoms in total. The van der Waals surface area contributed by atoms with Crippen LogP contribution in [0.3, 0.4) is 0 Å². The molecule has 1 aromatic rings. The molecular formula is C11H17N3O3S. The summed E-state index contributed by atoms with van der Waals surface area (Å²) in [6.45, 7) is 0. The third kappa shape index (κ3) is 3.44. The Balaban J connectivity index is 2.95. The topological polar surface area (TPSA) is 69.7 Å². The van der Waals surface area contributed by atoms with Crippen LogP contribution in [-0.2, 0) is 10.2 Å². The second-order valence-electron chi connectivity index (χ2n) is 4.16. The van der Waals surface area contributed by atoms with Gasteiger partial charge in [-0.2, -0.15) is 12.7 Å². The Bertz CT molecular complexity index is 538. The molecular weight excluding hydrogens is 254 g/mol. The van der Waals surface area contributed by atoms with Gasteiger partial charge < -0.3 is 4.90 Å². The molecule has 100 valence electrons. The summed E-state index contributed by atoms with van der Waals surface area (Å²) in [7, 11) is 2.63. The van der Waals surface area contributed by atoms with Crippen molar-refractivity contribution in [2.45, 2.75) is 0 Å². The molecule has 1 amide bonds. The van der Waals surface area contributed by atoms with Gasteiger partial charge in [0.25, 0.3) is 5.91 Å². The van der Waals surface area contributed by atoms with Crippen LogP contribution in [0, 0.1) is 0 Å². The van der Waals surface area contributed by atoms with E-state index < -0.39 is 16.1 Å². The highest BCUT2D eigenvalue weighted by Crippen LogP contribution is 2.13. The van der Waals surface area contributed by atoms with Crippen LogP contribution in [0.15, 0.2) is 24.3 Å². The highest BCUT2D eigenvalue weighted by molar-refractivity contribution is 7.87. The zero-order chi connectivity index (χ0) is 13.9. The molecule has 0 aromatic heterocycles. The predicted molar refractivity (Wildman–Crippen MR) is 70.8 cm³/mol. The van der Waals surface area contributed by atoms with Gasteiger partial charge in [0, 0.05) is 39.4 Å². The van der Waals surface area contributed by atoms with E-state index in [4.69, 9.17) is 0 Å². The summed E-state index contributed by atoms with van der Waals surface area (Å²) in [6.07, 6.45) is 0. The molecule has 0 spiro atoms. The summed E-state index contributed by atoms with van der Waals surface area (Å²) in [5.41, 5.74) is 1.12. The van der Waals surface area contributed by atoms with Crippen molar-refractivity contribution < 1.29 is 13.2 Å². The lowest BCUT2D eigenvalue weighted by Gasteiger charge is -2.15. The number of carbonyl (C=O) groups is 1. The van der Waals surface area contributed by atoms with Gasteiger partial charge in [-0.15, -0.1) is 0 Å². The van der Waals surface area contributed by atoms with E-state index in [1.165, 1.54) is 14.1 Å². The maximum absolute atomic E-state index is 11.8. The minimum Gasteiger partial charge on any atom is -0.378 e. The standard InChI is InChI=1S/C11H17N3O3S/c1-13(2)10-7-5-6-9(8-10)11(15)12-18(16,17)14(3)4/h5-8H,1-4H3,(H,12,15). The minimum absolute atomic E-state index is 0.298. The Morgan fingerprint density at radius 3 is 2.28 bits per heavy atom. The molecule has 0 fully saturated rings. The summed E-state index contributed by atoms with van der Waals surface area (Å²) in [4.78, 5) is 13.6. The van der Waals surface area contributed by atoms with Gasteiger partial charge in [-0.05, 0) is 18.2 Å². The van der Waals surface area contributed by atoms with E-state index in [1.807, 2.05) is 29.8 Å². The number of nitrogens with one attached hydrogen (secondary N) is 1. The molecule has 0 atom stereocenters. The number of hydrogen-bond donors (Lipinski definition) is 1. The largest absolute Gasteiger partial charge is 0.378 e. The Labute approximate surface area is 107 Å². The number of nitrogens with zero attached hydrogens (tertiary/aromatic N) is 2. The first-order valence-electron chi connectivity index (χ1n) is 5.26. The molecule has 0 aliphatic rings. The van der Waals surface area contributed by atoms with Crippen molar-refractivity contribution in [3.05, 3.63) is 29.8 Å².